The van der Waals surface area contributed by atoms with Crippen LogP contribution in [0.4, 0.5) is 0 Å². The number of carboxylic acid groups (broad SMARTS) is 1. The Morgan fingerprint density at radius 2 is 2.14 bits per heavy atom. The van der Waals surface area contributed by atoms with Crippen molar-refractivity contribution in [3.63, 3.8) is 0 Å². The van der Waals surface area contributed by atoms with E-state index in [4.69, 9.17) is 4.42 Å². The second-order valence-corrected chi connectivity index (χ2v) is 5.72. The van der Waals surface area contributed by atoms with Gasteiger partial charge in [0.05, 0.1) is 12.0 Å². The molecule has 112 valence electrons. The van der Waals surface area contributed by atoms with Crippen molar-refractivity contribution >= 4 is 5.97 Å². The van der Waals surface area contributed by atoms with Gasteiger partial charge in [-0.25, -0.2) is 4.68 Å². The van der Waals surface area contributed by atoms with Crippen LogP contribution in [-0.4, -0.2) is 31.3 Å². The molecular weight excluding hydrogens is 272 g/mol. The Kier molecular flexibility index (Phi) is 3.48. The van der Waals surface area contributed by atoms with Gasteiger partial charge in [-0.05, 0) is 42.3 Å². The van der Waals surface area contributed by atoms with Crippen molar-refractivity contribution in [3.8, 4) is 11.6 Å². The van der Waals surface area contributed by atoms with E-state index < -0.39 is 11.4 Å². The molecule has 0 radical (unpaired) electrons. The van der Waals surface area contributed by atoms with Crippen LogP contribution < -0.4 is 0 Å². The number of carboxylic acids is 1. The summed E-state index contributed by atoms with van der Waals surface area (Å²) in [6.45, 7) is 2.13. The monoisotopic (exact) mass is 290 g/mol. The zero-order valence-corrected chi connectivity index (χ0v) is 11.9. The van der Waals surface area contributed by atoms with Crippen LogP contribution in [0.25, 0.3) is 11.6 Å². The molecule has 0 spiro atoms. The van der Waals surface area contributed by atoms with Gasteiger partial charge in [-0.15, -0.1) is 5.10 Å². The van der Waals surface area contributed by atoms with Crippen molar-refractivity contribution in [1.82, 2.24) is 20.2 Å². The second-order valence-electron chi connectivity index (χ2n) is 5.72. The maximum absolute atomic E-state index is 11.7. The Labute approximate surface area is 122 Å². The highest BCUT2D eigenvalue weighted by Gasteiger charge is 2.41. The average molecular weight is 290 g/mol. The van der Waals surface area contributed by atoms with Crippen molar-refractivity contribution in [1.29, 1.82) is 0 Å². The molecule has 0 aliphatic heterocycles. The third kappa shape index (κ3) is 2.55. The molecule has 0 unspecified atom stereocenters. The summed E-state index contributed by atoms with van der Waals surface area (Å²) < 4.78 is 7.09. The standard InChI is InChI=1S/C14H18N4O3/c1-10-5-6-11(21-10)12-15-16-17-18(12)9-14(13(19)20)7-3-2-4-8-14/h5-6H,2-4,7-9H2,1H3,(H,19,20). The quantitative estimate of drug-likeness (QED) is 0.928. The summed E-state index contributed by atoms with van der Waals surface area (Å²) in [5.74, 6) is 1.05. The molecule has 0 amide bonds. The van der Waals surface area contributed by atoms with E-state index in [9.17, 15) is 9.90 Å². The van der Waals surface area contributed by atoms with Crippen LogP contribution in [0.2, 0.25) is 0 Å². The summed E-state index contributed by atoms with van der Waals surface area (Å²) in [6.07, 6.45) is 4.29. The van der Waals surface area contributed by atoms with Gasteiger partial charge in [-0.1, -0.05) is 19.3 Å². The number of hydrogen-bond donors (Lipinski definition) is 1. The molecule has 0 bridgehead atoms. The average Bonchev–Trinajstić information content (AvgIpc) is 3.08. The van der Waals surface area contributed by atoms with Gasteiger partial charge in [0, 0.05) is 0 Å². The van der Waals surface area contributed by atoms with Gasteiger partial charge < -0.3 is 9.52 Å². The predicted molar refractivity (Wildman–Crippen MR) is 73.4 cm³/mol. The van der Waals surface area contributed by atoms with Crippen molar-refractivity contribution in [2.24, 2.45) is 5.41 Å². The summed E-state index contributed by atoms with van der Waals surface area (Å²) in [7, 11) is 0. The summed E-state index contributed by atoms with van der Waals surface area (Å²) in [4.78, 5) is 11.7. The Morgan fingerprint density at radius 1 is 1.38 bits per heavy atom. The van der Waals surface area contributed by atoms with E-state index in [-0.39, 0.29) is 6.54 Å². The lowest BCUT2D eigenvalue weighted by Crippen LogP contribution is -2.38. The number of aromatic nitrogens is 4. The van der Waals surface area contributed by atoms with E-state index in [1.807, 2.05) is 13.0 Å². The first-order valence-corrected chi connectivity index (χ1v) is 7.17. The molecule has 2 heterocycles. The van der Waals surface area contributed by atoms with E-state index in [2.05, 4.69) is 15.5 Å². The molecular formula is C14H18N4O3. The molecule has 1 aliphatic carbocycles. The van der Waals surface area contributed by atoms with Crippen LogP contribution in [0.15, 0.2) is 16.5 Å². The SMILES string of the molecule is Cc1ccc(-c2nnnn2CC2(C(=O)O)CCCCC2)o1. The number of nitrogens with zero attached hydrogens (tertiary/aromatic N) is 4. The van der Waals surface area contributed by atoms with E-state index in [1.54, 1.807) is 10.7 Å². The Hall–Kier alpha value is -2.18. The molecule has 21 heavy (non-hydrogen) atoms. The summed E-state index contributed by atoms with van der Waals surface area (Å²) in [5, 5.41) is 21.2. The molecule has 7 heteroatoms. The molecule has 7 nitrogen and oxygen atoms in total. The van der Waals surface area contributed by atoms with Crippen LogP contribution >= 0.6 is 0 Å². The lowest BCUT2D eigenvalue weighted by atomic mass is 9.74. The number of hydrogen-bond acceptors (Lipinski definition) is 5. The largest absolute Gasteiger partial charge is 0.481 e. The number of carbonyl (C=O) groups is 1. The molecule has 3 rings (SSSR count). The zero-order chi connectivity index (χ0) is 14.9. The smallest absolute Gasteiger partial charge is 0.311 e. The maximum atomic E-state index is 11.7. The van der Waals surface area contributed by atoms with Crippen LogP contribution in [0, 0.1) is 12.3 Å². The molecule has 0 atom stereocenters. The maximum Gasteiger partial charge on any atom is 0.311 e. The van der Waals surface area contributed by atoms with E-state index in [0.717, 1.165) is 25.0 Å². The van der Waals surface area contributed by atoms with Crippen LogP contribution in [0.5, 0.6) is 0 Å². The lowest BCUT2D eigenvalue weighted by molar-refractivity contribution is -0.152. The first kappa shape index (κ1) is 13.8. The minimum atomic E-state index is -0.774. The van der Waals surface area contributed by atoms with Gasteiger partial charge in [0.2, 0.25) is 5.82 Å². The zero-order valence-electron chi connectivity index (χ0n) is 11.9. The number of aliphatic carboxylic acids is 1. The number of rotatable bonds is 4. The van der Waals surface area contributed by atoms with E-state index in [1.165, 1.54) is 0 Å². The Bertz CT molecular complexity index is 640. The highest BCUT2D eigenvalue weighted by Crippen LogP contribution is 2.38. The lowest BCUT2D eigenvalue weighted by Gasteiger charge is -2.32. The topological polar surface area (TPSA) is 94.0 Å². The molecule has 1 fully saturated rings. The molecule has 2 aromatic heterocycles. The van der Waals surface area contributed by atoms with E-state index >= 15 is 0 Å². The van der Waals surface area contributed by atoms with Crippen molar-refractivity contribution in [2.75, 3.05) is 0 Å². The fourth-order valence-corrected chi connectivity index (χ4v) is 3.00. The minimum Gasteiger partial charge on any atom is -0.481 e. The first-order chi connectivity index (χ1) is 10.1. The van der Waals surface area contributed by atoms with Gasteiger partial charge in [0.25, 0.3) is 0 Å². The van der Waals surface area contributed by atoms with Gasteiger partial charge >= 0.3 is 5.97 Å². The third-order valence-electron chi connectivity index (χ3n) is 4.21. The van der Waals surface area contributed by atoms with E-state index in [0.29, 0.717) is 24.4 Å². The summed E-state index contributed by atoms with van der Waals surface area (Å²) in [6, 6.07) is 3.63. The molecule has 0 saturated heterocycles. The van der Waals surface area contributed by atoms with Crippen LogP contribution in [0.1, 0.15) is 37.9 Å². The number of furan rings is 1. The van der Waals surface area contributed by atoms with Crippen molar-refractivity contribution in [3.05, 3.63) is 17.9 Å². The second kappa shape index (κ2) is 5.31. The van der Waals surface area contributed by atoms with Gasteiger partial charge in [0.15, 0.2) is 5.76 Å². The van der Waals surface area contributed by atoms with Crippen LogP contribution in [-0.2, 0) is 11.3 Å². The van der Waals surface area contributed by atoms with Crippen molar-refractivity contribution in [2.45, 2.75) is 45.6 Å². The highest BCUT2D eigenvalue weighted by atomic mass is 16.4. The molecule has 0 aromatic carbocycles. The van der Waals surface area contributed by atoms with Crippen LogP contribution in [0.3, 0.4) is 0 Å². The summed E-state index contributed by atoms with van der Waals surface area (Å²) in [5.41, 5.74) is -0.774. The highest BCUT2D eigenvalue weighted by molar-refractivity contribution is 5.74. The van der Waals surface area contributed by atoms with Gasteiger partial charge in [0.1, 0.15) is 5.76 Å². The third-order valence-corrected chi connectivity index (χ3v) is 4.21. The van der Waals surface area contributed by atoms with Gasteiger partial charge in [-0.2, -0.15) is 0 Å². The first-order valence-electron chi connectivity index (χ1n) is 7.17. The summed E-state index contributed by atoms with van der Waals surface area (Å²) >= 11 is 0. The Morgan fingerprint density at radius 3 is 2.76 bits per heavy atom. The van der Waals surface area contributed by atoms with Gasteiger partial charge in [-0.3, -0.25) is 4.79 Å². The molecule has 2 aromatic rings. The minimum absolute atomic E-state index is 0.282. The fraction of sp³-hybridized carbons (Fsp3) is 0.571. The number of tetrazole rings is 1. The fourth-order valence-electron chi connectivity index (χ4n) is 3.00. The molecule has 1 aliphatic rings. The normalized spacial score (nSPS) is 17.8. The Balaban J connectivity index is 1.91. The predicted octanol–water partition coefficient (Wildman–Crippen LogP) is 2.28. The molecule has 1 N–H and O–H groups in total. The van der Waals surface area contributed by atoms with Crippen molar-refractivity contribution < 1.29 is 14.3 Å². The molecule has 1 saturated carbocycles. The number of aryl methyl sites for hydroxylation is 1.